The third-order valence-corrected chi connectivity index (χ3v) is 7.92. The van der Waals surface area contributed by atoms with Gasteiger partial charge in [-0.1, -0.05) is 42.5 Å². The number of nitrogens with one attached hydrogen (secondary N) is 1. The summed E-state index contributed by atoms with van der Waals surface area (Å²) < 4.78 is 13.2. The first-order chi connectivity index (χ1) is 16.7. The van der Waals surface area contributed by atoms with E-state index in [1.54, 1.807) is 0 Å². The molecule has 0 spiro atoms. The molecule has 6 nitrogen and oxygen atoms in total. The summed E-state index contributed by atoms with van der Waals surface area (Å²) in [5.41, 5.74) is 3.01. The molecule has 5 rings (SSSR count). The van der Waals surface area contributed by atoms with Crippen molar-refractivity contribution in [2.24, 2.45) is 11.8 Å². The van der Waals surface area contributed by atoms with Gasteiger partial charge in [-0.3, -0.25) is 9.59 Å². The first-order valence-electron chi connectivity index (χ1n) is 12.8. The van der Waals surface area contributed by atoms with Crippen LogP contribution >= 0.6 is 0 Å². The lowest BCUT2D eigenvalue weighted by atomic mass is 9.70. The third-order valence-electron chi connectivity index (χ3n) is 7.92. The van der Waals surface area contributed by atoms with Crippen molar-refractivity contribution in [3.8, 4) is 5.75 Å². The zero-order chi connectivity index (χ0) is 24.7. The molecule has 1 N–H and O–H groups in total. The second kappa shape index (κ2) is 9.30. The lowest BCUT2D eigenvalue weighted by molar-refractivity contribution is -0.189. The predicted molar refractivity (Wildman–Crippen MR) is 134 cm³/mol. The van der Waals surface area contributed by atoms with Gasteiger partial charge in [-0.2, -0.15) is 0 Å². The maximum atomic E-state index is 13.6. The molecule has 5 atom stereocenters. The van der Waals surface area contributed by atoms with E-state index in [1.807, 2.05) is 35.2 Å². The van der Waals surface area contributed by atoms with E-state index in [9.17, 15) is 9.59 Å². The lowest BCUT2D eigenvalue weighted by Gasteiger charge is -2.53. The molecular weight excluding hydrogens is 440 g/mol. The minimum atomic E-state index is -0.562. The number of nitrogens with zero attached hydrogens (tertiary/aromatic N) is 1. The highest BCUT2D eigenvalue weighted by Crippen LogP contribution is 2.53. The average molecular weight is 477 g/mol. The zero-order valence-electron chi connectivity index (χ0n) is 21.1. The Morgan fingerprint density at radius 2 is 1.94 bits per heavy atom. The molecule has 0 bridgehead atoms. The van der Waals surface area contributed by atoms with E-state index in [4.69, 9.17) is 9.47 Å². The first-order valence-corrected chi connectivity index (χ1v) is 12.8. The van der Waals surface area contributed by atoms with Crippen molar-refractivity contribution in [3.63, 3.8) is 0 Å². The summed E-state index contributed by atoms with van der Waals surface area (Å²) in [6.07, 6.45) is 2.38. The fourth-order valence-corrected chi connectivity index (χ4v) is 6.13. The molecule has 2 saturated heterocycles. The number of rotatable bonds is 4. The number of carbonyl (C=O) groups is 2. The van der Waals surface area contributed by atoms with Crippen molar-refractivity contribution in [1.82, 2.24) is 10.2 Å². The Labute approximate surface area is 208 Å². The number of ether oxygens (including phenoxy) is 2. The molecular formula is C29H36N2O4. The van der Waals surface area contributed by atoms with E-state index < -0.39 is 6.04 Å². The zero-order valence-corrected chi connectivity index (χ0v) is 21.1. The van der Waals surface area contributed by atoms with E-state index in [0.717, 1.165) is 29.7 Å². The monoisotopic (exact) mass is 476 g/mol. The van der Waals surface area contributed by atoms with Crippen molar-refractivity contribution in [3.05, 3.63) is 65.2 Å². The Morgan fingerprint density at radius 1 is 1.17 bits per heavy atom. The Morgan fingerprint density at radius 3 is 2.69 bits per heavy atom. The second-order valence-electron chi connectivity index (χ2n) is 11.0. The Balaban J connectivity index is 1.32. The van der Waals surface area contributed by atoms with E-state index in [1.165, 1.54) is 12.5 Å². The average Bonchev–Trinajstić information content (AvgIpc) is 2.82. The molecule has 2 aromatic rings. The third kappa shape index (κ3) is 4.81. The Bertz CT molecular complexity index is 1100. The topological polar surface area (TPSA) is 67.9 Å². The van der Waals surface area contributed by atoms with Gasteiger partial charge in [0.25, 0.3) is 0 Å². The van der Waals surface area contributed by atoms with Gasteiger partial charge in [0.2, 0.25) is 11.8 Å². The molecule has 0 unspecified atom stereocenters. The van der Waals surface area contributed by atoms with Crippen molar-refractivity contribution < 1.29 is 19.1 Å². The van der Waals surface area contributed by atoms with Crippen LogP contribution in [0.4, 0.5) is 0 Å². The number of benzene rings is 2. The molecule has 0 aromatic heterocycles. The number of amides is 2. The van der Waals surface area contributed by atoms with E-state index in [-0.39, 0.29) is 41.5 Å². The molecule has 3 aliphatic heterocycles. The molecule has 0 radical (unpaired) electrons. The van der Waals surface area contributed by atoms with Crippen LogP contribution in [-0.2, 0) is 20.7 Å². The number of hydrogen-bond donors (Lipinski definition) is 1. The highest BCUT2D eigenvalue weighted by Gasteiger charge is 2.51. The van der Waals surface area contributed by atoms with Crippen LogP contribution < -0.4 is 10.1 Å². The molecule has 0 saturated carbocycles. The normalized spacial score (nSPS) is 27.5. The maximum absolute atomic E-state index is 13.6. The van der Waals surface area contributed by atoms with Crippen LogP contribution in [0.1, 0.15) is 56.4 Å². The van der Waals surface area contributed by atoms with Gasteiger partial charge < -0.3 is 19.7 Å². The van der Waals surface area contributed by atoms with Gasteiger partial charge in [0.15, 0.2) is 0 Å². The van der Waals surface area contributed by atoms with Crippen molar-refractivity contribution >= 4 is 11.8 Å². The van der Waals surface area contributed by atoms with Crippen LogP contribution in [0.25, 0.3) is 0 Å². The second-order valence-corrected chi connectivity index (χ2v) is 11.0. The molecule has 6 heteroatoms. The maximum Gasteiger partial charge on any atom is 0.245 e. The van der Waals surface area contributed by atoms with Crippen LogP contribution in [0, 0.1) is 18.8 Å². The largest absolute Gasteiger partial charge is 0.487 e. The van der Waals surface area contributed by atoms with Gasteiger partial charge >= 0.3 is 0 Å². The van der Waals surface area contributed by atoms with E-state index in [2.05, 4.69) is 44.3 Å². The number of aryl methyl sites for hydroxylation is 1. The number of piperidine rings is 1. The van der Waals surface area contributed by atoms with E-state index in [0.29, 0.717) is 19.5 Å². The SMILES string of the molecule is CC(=O)N[C@H](Cc1ccccc1)C(=O)N1CC[C@@H]2O[C@@H]3c4ccc(C)cc4OC(C)(C)[C@H]3C[C@@H]2C1. The molecule has 186 valence electrons. The van der Waals surface area contributed by atoms with Gasteiger partial charge in [-0.05, 0) is 50.8 Å². The summed E-state index contributed by atoms with van der Waals surface area (Å²) in [5, 5.41) is 2.89. The fraction of sp³-hybridized carbons (Fsp3) is 0.517. The Hall–Kier alpha value is -2.86. The number of likely N-dealkylation sites (tertiary alicyclic amines) is 1. The highest BCUT2D eigenvalue weighted by molar-refractivity contribution is 5.87. The quantitative estimate of drug-likeness (QED) is 0.718. The molecule has 2 aromatic carbocycles. The van der Waals surface area contributed by atoms with Gasteiger partial charge in [0.05, 0.1) is 12.2 Å². The van der Waals surface area contributed by atoms with Crippen LogP contribution in [0.3, 0.4) is 0 Å². The smallest absolute Gasteiger partial charge is 0.245 e. The highest BCUT2D eigenvalue weighted by atomic mass is 16.5. The standard InChI is InChI=1S/C29H36N2O4/c1-18-10-11-22-26(14-18)35-29(3,4)23-16-21-17-31(13-12-25(21)34-27(22)23)28(33)24(30-19(2)32)15-20-8-6-5-7-9-20/h5-11,14,21,23-25,27H,12-13,15-17H2,1-4H3,(H,30,32)/t21-,23+,24-,25+,27-/m1/s1. The van der Waals surface area contributed by atoms with Crippen molar-refractivity contribution in [2.75, 3.05) is 13.1 Å². The summed E-state index contributed by atoms with van der Waals surface area (Å²) in [7, 11) is 0. The first kappa shape index (κ1) is 23.9. The summed E-state index contributed by atoms with van der Waals surface area (Å²) in [4.78, 5) is 27.4. The van der Waals surface area contributed by atoms with Crippen molar-refractivity contribution in [1.29, 1.82) is 0 Å². The van der Waals surface area contributed by atoms with Crippen LogP contribution in [0.15, 0.2) is 48.5 Å². The van der Waals surface area contributed by atoms with Gasteiger partial charge in [-0.15, -0.1) is 0 Å². The number of carbonyl (C=O) groups excluding carboxylic acids is 2. The van der Waals surface area contributed by atoms with Crippen LogP contribution in [0.2, 0.25) is 0 Å². The van der Waals surface area contributed by atoms with Crippen LogP contribution in [0.5, 0.6) is 5.75 Å². The molecule has 2 fully saturated rings. The molecule has 2 amide bonds. The molecule has 3 heterocycles. The fourth-order valence-electron chi connectivity index (χ4n) is 6.13. The molecule has 35 heavy (non-hydrogen) atoms. The number of hydrogen-bond acceptors (Lipinski definition) is 4. The van der Waals surface area contributed by atoms with Crippen LogP contribution in [-0.4, -0.2) is 47.6 Å². The van der Waals surface area contributed by atoms with Gasteiger partial charge in [0.1, 0.15) is 17.4 Å². The Kier molecular flexibility index (Phi) is 6.34. The predicted octanol–water partition coefficient (Wildman–Crippen LogP) is 4.21. The molecule has 3 aliphatic rings. The number of fused-ring (bicyclic) bond motifs is 4. The summed E-state index contributed by atoms with van der Waals surface area (Å²) in [5.74, 6) is 1.20. The molecule has 0 aliphatic carbocycles. The minimum absolute atomic E-state index is 0.00963. The lowest BCUT2D eigenvalue weighted by Crippen LogP contribution is -2.58. The minimum Gasteiger partial charge on any atom is -0.487 e. The summed E-state index contributed by atoms with van der Waals surface area (Å²) >= 11 is 0. The van der Waals surface area contributed by atoms with Crippen molar-refractivity contribution in [2.45, 2.75) is 70.8 Å². The van der Waals surface area contributed by atoms with Gasteiger partial charge in [-0.25, -0.2) is 0 Å². The van der Waals surface area contributed by atoms with E-state index >= 15 is 0 Å². The van der Waals surface area contributed by atoms with Gasteiger partial charge in [0, 0.05) is 43.8 Å². The summed E-state index contributed by atoms with van der Waals surface area (Å²) in [6, 6.07) is 15.7. The summed E-state index contributed by atoms with van der Waals surface area (Å²) in [6.45, 7) is 9.14.